The molecule has 0 atom stereocenters. The molecule has 1 amide bonds. The van der Waals surface area contributed by atoms with Gasteiger partial charge in [0.05, 0.1) is 5.56 Å². The molecule has 1 heterocycles. The van der Waals surface area contributed by atoms with Crippen molar-refractivity contribution in [3.05, 3.63) is 53.8 Å². The van der Waals surface area contributed by atoms with Gasteiger partial charge in [0.25, 0.3) is 5.91 Å². The van der Waals surface area contributed by atoms with Crippen LogP contribution in [-0.2, 0) is 0 Å². The number of hydrogen-bond donors (Lipinski definition) is 2. The highest BCUT2D eigenvalue weighted by Crippen LogP contribution is 2.25. The van der Waals surface area contributed by atoms with E-state index in [-0.39, 0.29) is 12.4 Å². The lowest BCUT2D eigenvalue weighted by atomic mass is 10.1. The van der Waals surface area contributed by atoms with E-state index in [0.717, 1.165) is 18.8 Å². The van der Waals surface area contributed by atoms with Gasteiger partial charge in [-0.05, 0) is 49.6 Å². The Balaban J connectivity index is 1.61. The van der Waals surface area contributed by atoms with Crippen LogP contribution in [0.1, 0.15) is 29.6 Å². The number of primary amides is 1. The van der Waals surface area contributed by atoms with E-state index in [9.17, 15) is 9.18 Å². The van der Waals surface area contributed by atoms with Gasteiger partial charge in [0, 0.05) is 31.0 Å². The highest BCUT2D eigenvalue weighted by Gasteiger charge is 2.15. The summed E-state index contributed by atoms with van der Waals surface area (Å²) in [6.07, 6.45) is 3.58. The van der Waals surface area contributed by atoms with Crippen LogP contribution in [0.15, 0.2) is 42.5 Å². The van der Waals surface area contributed by atoms with E-state index in [1.54, 1.807) is 18.2 Å². The SMILES string of the molecule is NC(=O)c1cc(N2CCCCC2)ccc1NCCOc1ccccc1F. The van der Waals surface area contributed by atoms with Crippen molar-refractivity contribution in [1.29, 1.82) is 0 Å². The molecule has 138 valence electrons. The van der Waals surface area contributed by atoms with Crippen molar-refractivity contribution in [2.75, 3.05) is 36.5 Å². The van der Waals surface area contributed by atoms with E-state index in [0.29, 0.717) is 17.8 Å². The van der Waals surface area contributed by atoms with Crippen LogP contribution in [-0.4, -0.2) is 32.1 Å². The maximum Gasteiger partial charge on any atom is 0.250 e. The van der Waals surface area contributed by atoms with E-state index in [2.05, 4.69) is 10.2 Å². The van der Waals surface area contributed by atoms with Gasteiger partial charge in [-0.2, -0.15) is 0 Å². The van der Waals surface area contributed by atoms with E-state index < -0.39 is 11.7 Å². The van der Waals surface area contributed by atoms with E-state index in [4.69, 9.17) is 10.5 Å². The molecule has 2 aromatic carbocycles. The number of carbonyl (C=O) groups excluding carboxylic acids is 1. The second-order valence-electron chi connectivity index (χ2n) is 6.35. The summed E-state index contributed by atoms with van der Waals surface area (Å²) in [5.41, 5.74) is 7.69. The number of para-hydroxylation sites is 1. The van der Waals surface area contributed by atoms with Gasteiger partial charge >= 0.3 is 0 Å². The second-order valence-corrected chi connectivity index (χ2v) is 6.35. The maximum absolute atomic E-state index is 13.5. The van der Waals surface area contributed by atoms with Gasteiger partial charge in [0.15, 0.2) is 11.6 Å². The first-order chi connectivity index (χ1) is 12.6. The highest BCUT2D eigenvalue weighted by atomic mass is 19.1. The fourth-order valence-corrected chi connectivity index (χ4v) is 3.15. The Morgan fingerprint density at radius 3 is 2.65 bits per heavy atom. The summed E-state index contributed by atoms with van der Waals surface area (Å²) in [5.74, 6) is -0.650. The Kier molecular flexibility index (Phi) is 5.94. The van der Waals surface area contributed by atoms with Crippen LogP contribution in [0.3, 0.4) is 0 Å². The average molecular weight is 357 g/mol. The summed E-state index contributed by atoms with van der Waals surface area (Å²) >= 11 is 0. The number of nitrogens with one attached hydrogen (secondary N) is 1. The first-order valence-electron chi connectivity index (χ1n) is 8.95. The molecule has 0 aliphatic carbocycles. The quantitative estimate of drug-likeness (QED) is 0.745. The number of nitrogens with two attached hydrogens (primary N) is 1. The minimum absolute atomic E-state index is 0.213. The number of carbonyl (C=O) groups is 1. The molecular weight excluding hydrogens is 333 g/mol. The predicted molar refractivity (Wildman–Crippen MR) is 101 cm³/mol. The van der Waals surface area contributed by atoms with E-state index in [1.165, 1.54) is 25.3 Å². The van der Waals surface area contributed by atoms with Crippen molar-refractivity contribution in [2.24, 2.45) is 5.73 Å². The number of piperidine rings is 1. The third-order valence-electron chi connectivity index (χ3n) is 4.50. The maximum atomic E-state index is 13.5. The van der Waals surface area contributed by atoms with Crippen molar-refractivity contribution in [3.63, 3.8) is 0 Å². The van der Waals surface area contributed by atoms with Gasteiger partial charge in [0.2, 0.25) is 0 Å². The molecule has 1 aliphatic rings. The zero-order chi connectivity index (χ0) is 18.4. The molecular formula is C20H24FN3O2. The zero-order valence-electron chi connectivity index (χ0n) is 14.7. The Hall–Kier alpha value is -2.76. The van der Waals surface area contributed by atoms with E-state index in [1.807, 2.05) is 18.2 Å². The number of amides is 1. The van der Waals surface area contributed by atoms with Crippen LogP contribution in [0.4, 0.5) is 15.8 Å². The number of benzene rings is 2. The van der Waals surface area contributed by atoms with Crippen molar-refractivity contribution in [2.45, 2.75) is 19.3 Å². The number of hydrogen-bond acceptors (Lipinski definition) is 4. The molecule has 5 nitrogen and oxygen atoms in total. The van der Waals surface area contributed by atoms with E-state index >= 15 is 0 Å². The molecule has 26 heavy (non-hydrogen) atoms. The summed E-state index contributed by atoms with van der Waals surface area (Å²) in [6, 6.07) is 12.0. The summed E-state index contributed by atoms with van der Waals surface area (Å²) in [7, 11) is 0. The first kappa shape index (κ1) is 18.0. The van der Waals surface area contributed by atoms with Gasteiger partial charge < -0.3 is 20.7 Å². The highest BCUT2D eigenvalue weighted by molar-refractivity contribution is 5.99. The van der Waals surface area contributed by atoms with Crippen molar-refractivity contribution < 1.29 is 13.9 Å². The molecule has 1 aliphatic heterocycles. The first-order valence-corrected chi connectivity index (χ1v) is 8.95. The fourth-order valence-electron chi connectivity index (χ4n) is 3.15. The lowest BCUT2D eigenvalue weighted by Gasteiger charge is -2.29. The number of ether oxygens (including phenoxy) is 1. The summed E-state index contributed by atoms with van der Waals surface area (Å²) in [6.45, 7) is 2.70. The summed E-state index contributed by atoms with van der Waals surface area (Å²) < 4.78 is 18.9. The molecule has 0 unspecified atom stereocenters. The van der Waals surface area contributed by atoms with Crippen molar-refractivity contribution >= 4 is 17.3 Å². The summed E-state index contributed by atoms with van der Waals surface area (Å²) in [5, 5.41) is 3.15. The molecule has 1 fully saturated rings. The molecule has 3 N–H and O–H groups in total. The molecule has 2 aromatic rings. The Bertz CT molecular complexity index is 760. The minimum Gasteiger partial charge on any atom is -0.489 e. The van der Waals surface area contributed by atoms with Crippen LogP contribution in [0, 0.1) is 5.82 Å². The van der Waals surface area contributed by atoms with Crippen LogP contribution < -0.4 is 20.7 Å². The van der Waals surface area contributed by atoms with Crippen LogP contribution in [0.5, 0.6) is 5.75 Å². The smallest absolute Gasteiger partial charge is 0.250 e. The second kappa shape index (κ2) is 8.56. The molecule has 0 aromatic heterocycles. The molecule has 0 bridgehead atoms. The Morgan fingerprint density at radius 2 is 1.92 bits per heavy atom. The van der Waals surface area contributed by atoms with Crippen LogP contribution in [0.2, 0.25) is 0 Å². The normalized spacial score (nSPS) is 14.1. The van der Waals surface area contributed by atoms with Crippen LogP contribution >= 0.6 is 0 Å². The lowest BCUT2D eigenvalue weighted by molar-refractivity contribution is 0.100. The average Bonchev–Trinajstić information content (AvgIpc) is 2.67. The standard InChI is InChI=1S/C20H24FN3O2/c21-17-6-2-3-7-19(17)26-13-10-23-18-9-8-15(14-16(18)20(22)25)24-11-4-1-5-12-24/h2-3,6-9,14,23H,1,4-5,10-13H2,(H2,22,25). The number of anilines is 2. The van der Waals surface area contributed by atoms with Gasteiger partial charge in [-0.15, -0.1) is 0 Å². The largest absolute Gasteiger partial charge is 0.489 e. The van der Waals surface area contributed by atoms with Crippen molar-refractivity contribution in [3.8, 4) is 5.75 Å². The number of nitrogens with zero attached hydrogens (tertiary/aromatic N) is 1. The Morgan fingerprint density at radius 1 is 1.15 bits per heavy atom. The van der Waals surface area contributed by atoms with Crippen molar-refractivity contribution in [1.82, 2.24) is 0 Å². The topological polar surface area (TPSA) is 67.6 Å². The molecule has 0 radical (unpaired) electrons. The molecule has 1 saturated heterocycles. The third kappa shape index (κ3) is 4.45. The van der Waals surface area contributed by atoms with Gasteiger partial charge in [-0.3, -0.25) is 4.79 Å². The number of halogens is 1. The number of rotatable bonds is 7. The van der Waals surface area contributed by atoms with Gasteiger partial charge in [0.1, 0.15) is 6.61 Å². The predicted octanol–water partition coefficient (Wildman–Crippen LogP) is 3.41. The zero-order valence-corrected chi connectivity index (χ0v) is 14.7. The third-order valence-corrected chi connectivity index (χ3v) is 4.50. The summed E-state index contributed by atoms with van der Waals surface area (Å²) in [4.78, 5) is 14.1. The monoisotopic (exact) mass is 357 g/mol. The Labute approximate surface area is 152 Å². The minimum atomic E-state index is -0.471. The fraction of sp³-hybridized carbons (Fsp3) is 0.350. The van der Waals surface area contributed by atoms with Crippen LogP contribution in [0.25, 0.3) is 0 Å². The van der Waals surface area contributed by atoms with Gasteiger partial charge in [-0.25, -0.2) is 4.39 Å². The van der Waals surface area contributed by atoms with Gasteiger partial charge in [-0.1, -0.05) is 12.1 Å². The molecule has 6 heteroatoms. The molecule has 0 saturated carbocycles. The molecule has 0 spiro atoms. The molecule has 3 rings (SSSR count). The lowest BCUT2D eigenvalue weighted by Crippen LogP contribution is -2.29.